The van der Waals surface area contributed by atoms with Gasteiger partial charge in [0.25, 0.3) is 0 Å². The van der Waals surface area contributed by atoms with Crippen molar-refractivity contribution in [2.24, 2.45) is 0 Å². The standard InChI is InChI=1S/C19H22N6O2S/c1-19(2,3)27-18(26)23-10-12-4-6-13(7-5-12)24-17-21-9-8-14(25-17)15-11-22-16(20)28-15/h4-9,11H,10H2,1-3H3,(H2,20,22)(H,23,26)(H,21,24,25). The Bertz CT molecular complexity index is 950. The minimum absolute atomic E-state index is 0.383. The first-order valence-electron chi connectivity index (χ1n) is 8.66. The van der Waals surface area contributed by atoms with Gasteiger partial charge in [-0.15, -0.1) is 0 Å². The first-order chi connectivity index (χ1) is 13.3. The number of anilines is 3. The Labute approximate surface area is 167 Å². The predicted octanol–water partition coefficient (Wildman–Crippen LogP) is 3.95. The summed E-state index contributed by atoms with van der Waals surface area (Å²) in [5, 5.41) is 6.39. The molecule has 0 saturated carbocycles. The summed E-state index contributed by atoms with van der Waals surface area (Å²) in [5.41, 5.74) is 7.70. The number of alkyl carbamates (subject to hydrolysis) is 1. The zero-order chi connectivity index (χ0) is 20.1. The van der Waals surface area contributed by atoms with Crippen LogP contribution in [0.1, 0.15) is 26.3 Å². The summed E-state index contributed by atoms with van der Waals surface area (Å²) in [6.45, 7) is 5.87. The largest absolute Gasteiger partial charge is 0.444 e. The Morgan fingerprint density at radius 1 is 1.18 bits per heavy atom. The smallest absolute Gasteiger partial charge is 0.407 e. The van der Waals surface area contributed by atoms with Crippen LogP contribution in [0.3, 0.4) is 0 Å². The highest BCUT2D eigenvalue weighted by molar-refractivity contribution is 7.18. The van der Waals surface area contributed by atoms with Crippen LogP contribution in [-0.2, 0) is 11.3 Å². The molecule has 2 aromatic heterocycles. The number of hydrogen-bond acceptors (Lipinski definition) is 8. The van der Waals surface area contributed by atoms with E-state index in [9.17, 15) is 4.79 Å². The van der Waals surface area contributed by atoms with Crippen LogP contribution in [0, 0.1) is 0 Å². The fraction of sp³-hybridized carbons (Fsp3) is 0.263. The van der Waals surface area contributed by atoms with Crippen LogP contribution >= 0.6 is 11.3 Å². The van der Waals surface area contributed by atoms with E-state index in [2.05, 4.69) is 25.6 Å². The summed E-state index contributed by atoms with van der Waals surface area (Å²) in [6, 6.07) is 9.42. The lowest BCUT2D eigenvalue weighted by molar-refractivity contribution is 0.0523. The predicted molar refractivity (Wildman–Crippen MR) is 110 cm³/mol. The Morgan fingerprint density at radius 3 is 2.57 bits per heavy atom. The lowest BCUT2D eigenvalue weighted by Gasteiger charge is -2.19. The van der Waals surface area contributed by atoms with E-state index in [1.54, 1.807) is 12.4 Å². The molecule has 1 aromatic carbocycles. The van der Waals surface area contributed by atoms with Gasteiger partial charge in [-0.25, -0.2) is 19.7 Å². The number of nitrogens with one attached hydrogen (secondary N) is 2. The van der Waals surface area contributed by atoms with Gasteiger partial charge in [0.1, 0.15) is 5.60 Å². The molecule has 0 saturated heterocycles. The highest BCUT2D eigenvalue weighted by Gasteiger charge is 2.15. The van der Waals surface area contributed by atoms with Gasteiger partial charge in [-0.2, -0.15) is 0 Å². The molecule has 0 spiro atoms. The molecular weight excluding hydrogens is 376 g/mol. The van der Waals surface area contributed by atoms with E-state index in [1.165, 1.54) is 11.3 Å². The number of ether oxygens (including phenoxy) is 1. The molecule has 146 valence electrons. The van der Waals surface area contributed by atoms with E-state index < -0.39 is 11.7 Å². The summed E-state index contributed by atoms with van der Waals surface area (Å²) in [4.78, 5) is 25.4. The van der Waals surface area contributed by atoms with E-state index in [0.717, 1.165) is 21.8 Å². The van der Waals surface area contributed by atoms with Gasteiger partial charge in [-0.05, 0) is 44.5 Å². The van der Waals surface area contributed by atoms with Gasteiger partial charge >= 0.3 is 6.09 Å². The Kier molecular flexibility index (Phi) is 5.74. The lowest BCUT2D eigenvalue weighted by atomic mass is 10.2. The Balaban J connectivity index is 1.59. The molecule has 0 aliphatic carbocycles. The van der Waals surface area contributed by atoms with Crippen LogP contribution < -0.4 is 16.4 Å². The van der Waals surface area contributed by atoms with Gasteiger partial charge in [0.2, 0.25) is 5.95 Å². The zero-order valence-electron chi connectivity index (χ0n) is 15.9. The number of nitrogens with two attached hydrogens (primary N) is 1. The van der Waals surface area contributed by atoms with Crippen molar-refractivity contribution < 1.29 is 9.53 Å². The molecule has 0 aliphatic heterocycles. The molecule has 2 heterocycles. The van der Waals surface area contributed by atoms with Crippen molar-refractivity contribution in [1.82, 2.24) is 20.3 Å². The topological polar surface area (TPSA) is 115 Å². The van der Waals surface area contributed by atoms with Crippen LogP contribution in [0.25, 0.3) is 10.6 Å². The summed E-state index contributed by atoms with van der Waals surface area (Å²) >= 11 is 1.37. The minimum Gasteiger partial charge on any atom is -0.444 e. The van der Waals surface area contributed by atoms with Gasteiger partial charge in [0, 0.05) is 24.6 Å². The number of aromatic nitrogens is 3. The highest BCUT2D eigenvalue weighted by Crippen LogP contribution is 2.26. The maximum Gasteiger partial charge on any atom is 0.407 e. The van der Waals surface area contributed by atoms with E-state index in [0.29, 0.717) is 17.6 Å². The van der Waals surface area contributed by atoms with Gasteiger partial charge in [0.15, 0.2) is 5.13 Å². The normalized spacial score (nSPS) is 11.1. The molecular formula is C19H22N6O2S. The average Bonchev–Trinajstić information content (AvgIpc) is 3.06. The quantitative estimate of drug-likeness (QED) is 0.596. The third-order valence-electron chi connectivity index (χ3n) is 3.48. The maximum atomic E-state index is 11.7. The van der Waals surface area contributed by atoms with Crippen LogP contribution in [0.4, 0.5) is 21.6 Å². The van der Waals surface area contributed by atoms with Crippen molar-refractivity contribution in [3.05, 3.63) is 48.3 Å². The second-order valence-corrected chi connectivity index (χ2v) is 8.07. The number of carbonyl (C=O) groups is 1. The number of hydrogen-bond donors (Lipinski definition) is 3. The number of amides is 1. The van der Waals surface area contributed by atoms with Crippen molar-refractivity contribution >= 4 is 34.2 Å². The zero-order valence-corrected chi connectivity index (χ0v) is 16.7. The molecule has 0 fully saturated rings. The van der Waals surface area contributed by atoms with Crippen LogP contribution in [-0.4, -0.2) is 26.6 Å². The molecule has 3 aromatic rings. The van der Waals surface area contributed by atoms with Crippen molar-refractivity contribution in [1.29, 1.82) is 0 Å². The number of benzene rings is 1. The number of rotatable bonds is 5. The monoisotopic (exact) mass is 398 g/mol. The number of thiazole rings is 1. The highest BCUT2D eigenvalue weighted by atomic mass is 32.1. The Morgan fingerprint density at radius 2 is 1.93 bits per heavy atom. The molecule has 0 radical (unpaired) electrons. The summed E-state index contributed by atoms with van der Waals surface area (Å²) in [6.07, 6.45) is 2.93. The fourth-order valence-corrected chi connectivity index (χ4v) is 2.94. The van der Waals surface area contributed by atoms with Gasteiger partial charge in [-0.1, -0.05) is 23.5 Å². The molecule has 0 bridgehead atoms. The molecule has 4 N–H and O–H groups in total. The lowest BCUT2D eigenvalue weighted by Crippen LogP contribution is -2.32. The van der Waals surface area contributed by atoms with E-state index in [-0.39, 0.29) is 0 Å². The third kappa shape index (κ3) is 5.65. The van der Waals surface area contributed by atoms with Crippen LogP contribution in [0.15, 0.2) is 42.7 Å². The number of carbonyl (C=O) groups excluding carboxylic acids is 1. The summed E-state index contributed by atoms with van der Waals surface area (Å²) in [7, 11) is 0. The SMILES string of the molecule is CC(C)(C)OC(=O)NCc1ccc(Nc2nccc(-c3cnc(N)s3)n2)cc1. The molecule has 0 atom stereocenters. The molecule has 0 unspecified atom stereocenters. The minimum atomic E-state index is -0.517. The second kappa shape index (κ2) is 8.22. The molecule has 1 amide bonds. The first kappa shape index (κ1) is 19.6. The van der Waals surface area contributed by atoms with Crippen LogP contribution in [0.5, 0.6) is 0 Å². The average molecular weight is 398 g/mol. The molecule has 0 aliphatic rings. The van der Waals surface area contributed by atoms with Crippen molar-refractivity contribution in [3.63, 3.8) is 0 Å². The summed E-state index contributed by atoms with van der Waals surface area (Å²) < 4.78 is 5.22. The molecule has 9 heteroatoms. The van der Waals surface area contributed by atoms with Crippen molar-refractivity contribution in [2.75, 3.05) is 11.1 Å². The fourth-order valence-electron chi connectivity index (χ4n) is 2.29. The molecule has 28 heavy (non-hydrogen) atoms. The first-order valence-corrected chi connectivity index (χ1v) is 9.48. The van der Waals surface area contributed by atoms with E-state index in [4.69, 9.17) is 10.5 Å². The summed E-state index contributed by atoms with van der Waals surface area (Å²) in [5.74, 6) is 0.476. The second-order valence-electron chi connectivity index (χ2n) is 7.01. The number of nitrogens with zero attached hydrogens (tertiary/aromatic N) is 3. The van der Waals surface area contributed by atoms with Crippen molar-refractivity contribution in [2.45, 2.75) is 32.9 Å². The molecule has 3 rings (SSSR count). The van der Waals surface area contributed by atoms with E-state index >= 15 is 0 Å². The van der Waals surface area contributed by atoms with Gasteiger partial charge in [0.05, 0.1) is 10.6 Å². The Hall–Kier alpha value is -3.20. The molecule has 8 nitrogen and oxygen atoms in total. The van der Waals surface area contributed by atoms with Gasteiger partial charge in [-0.3, -0.25) is 0 Å². The van der Waals surface area contributed by atoms with Crippen molar-refractivity contribution in [3.8, 4) is 10.6 Å². The van der Waals surface area contributed by atoms with E-state index in [1.807, 2.05) is 51.1 Å². The van der Waals surface area contributed by atoms with Gasteiger partial charge < -0.3 is 21.1 Å². The third-order valence-corrected chi connectivity index (χ3v) is 4.33. The van der Waals surface area contributed by atoms with Crippen LogP contribution in [0.2, 0.25) is 0 Å². The maximum absolute atomic E-state index is 11.7. The number of nitrogen functional groups attached to an aromatic ring is 1.